The molecule has 0 radical (unpaired) electrons. The molecule has 1 aliphatic heterocycles. The fraction of sp³-hybridized carbons (Fsp3) is 0.385. The number of thiophene rings is 1. The molecule has 1 saturated heterocycles. The summed E-state index contributed by atoms with van der Waals surface area (Å²) in [6, 6.07) is 3.76. The molecule has 0 bridgehead atoms. The van der Waals surface area contributed by atoms with Gasteiger partial charge in [0.1, 0.15) is 18.1 Å². The third-order valence-corrected chi connectivity index (χ3v) is 4.37. The van der Waals surface area contributed by atoms with Gasteiger partial charge in [-0.1, -0.05) is 6.07 Å². The molecular formula is C13H15N3O4S. The molecule has 1 fully saturated rings. The van der Waals surface area contributed by atoms with Crippen molar-refractivity contribution >= 4 is 17.2 Å². The van der Waals surface area contributed by atoms with Gasteiger partial charge >= 0.3 is 5.69 Å². The van der Waals surface area contributed by atoms with E-state index in [4.69, 9.17) is 15.6 Å². The van der Waals surface area contributed by atoms with Gasteiger partial charge in [-0.05, 0) is 11.4 Å². The summed E-state index contributed by atoms with van der Waals surface area (Å²) in [6.45, 7) is -0.299. The average Bonchev–Trinajstić information content (AvgIpc) is 3.08. The van der Waals surface area contributed by atoms with Gasteiger partial charge in [0.05, 0.1) is 18.3 Å². The molecule has 0 spiro atoms. The molecule has 3 heterocycles. The van der Waals surface area contributed by atoms with Gasteiger partial charge in [0.2, 0.25) is 0 Å². The van der Waals surface area contributed by atoms with Crippen LogP contribution < -0.4 is 11.4 Å². The van der Waals surface area contributed by atoms with Crippen molar-refractivity contribution in [3.05, 3.63) is 34.2 Å². The molecule has 112 valence electrons. The van der Waals surface area contributed by atoms with Crippen LogP contribution in [0.2, 0.25) is 0 Å². The van der Waals surface area contributed by atoms with Crippen LogP contribution in [0, 0.1) is 0 Å². The summed E-state index contributed by atoms with van der Waals surface area (Å²) in [6.07, 6.45) is -0.343. The predicted molar refractivity (Wildman–Crippen MR) is 77.8 cm³/mol. The van der Waals surface area contributed by atoms with Crippen molar-refractivity contribution < 1.29 is 14.9 Å². The van der Waals surface area contributed by atoms with Crippen LogP contribution in [0.5, 0.6) is 0 Å². The number of nitrogen functional groups attached to an aromatic ring is 1. The number of hydrogen-bond donors (Lipinski definition) is 3. The topological polar surface area (TPSA) is 111 Å². The minimum absolute atomic E-state index is 0.163. The molecule has 7 nitrogen and oxygen atoms in total. The second-order valence-corrected chi connectivity index (χ2v) is 5.77. The minimum atomic E-state index is -0.811. The van der Waals surface area contributed by atoms with Crippen molar-refractivity contribution in [1.29, 1.82) is 0 Å². The van der Waals surface area contributed by atoms with Crippen LogP contribution in [0.4, 0.5) is 5.82 Å². The molecular weight excluding hydrogens is 294 g/mol. The van der Waals surface area contributed by atoms with E-state index in [2.05, 4.69) is 4.98 Å². The predicted octanol–water partition coefficient (Wildman–Crippen LogP) is 0.195. The Morgan fingerprint density at radius 3 is 3.00 bits per heavy atom. The van der Waals surface area contributed by atoms with Gasteiger partial charge in [-0.25, -0.2) is 4.79 Å². The molecule has 3 atom stereocenters. The first-order valence-electron chi connectivity index (χ1n) is 6.47. The number of aliphatic hydroxyl groups excluding tert-OH is 2. The van der Waals surface area contributed by atoms with E-state index in [-0.39, 0.29) is 18.8 Å². The Kier molecular flexibility index (Phi) is 3.77. The summed E-state index contributed by atoms with van der Waals surface area (Å²) in [7, 11) is 0. The second kappa shape index (κ2) is 5.57. The van der Waals surface area contributed by atoms with E-state index in [0.717, 1.165) is 4.88 Å². The van der Waals surface area contributed by atoms with Gasteiger partial charge in [-0.3, -0.25) is 4.57 Å². The molecule has 0 saturated carbocycles. The summed E-state index contributed by atoms with van der Waals surface area (Å²) in [5.41, 5.74) is 5.92. The van der Waals surface area contributed by atoms with Gasteiger partial charge in [-0.15, -0.1) is 11.3 Å². The van der Waals surface area contributed by atoms with Gasteiger partial charge in [0.15, 0.2) is 0 Å². The Labute approximate surface area is 124 Å². The van der Waals surface area contributed by atoms with Gasteiger partial charge in [0, 0.05) is 17.5 Å². The van der Waals surface area contributed by atoms with Crippen molar-refractivity contribution in [2.24, 2.45) is 0 Å². The lowest BCUT2D eigenvalue weighted by molar-refractivity contribution is -0.0458. The molecule has 21 heavy (non-hydrogen) atoms. The zero-order valence-corrected chi connectivity index (χ0v) is 11.9. The van der Waals surface area contributed by atoms with Gasteiger partial charge in [-0.2, -0.15) is 4.98 Å². The minimum Gasteiger partial charge on any atom is -0.394 e. The number of aliphatic hydroxyl groups is 2. The van der Waals surface area contributed by atoms with Crippen LogP contribution in [0.25, 0.3) is 10.4 Å². The maximum Gasteiger partial charge on any atom is 0.351 e. The van der Waals surface area contributed by atoms with Crippen molar-refractivity contribution in [3.8, 4) is 10.4 Å². The maximum absolute atomic E-state index is 12.0. The zero-order chi connectivity index (χ0) is 15.0. The molecule has 1 aliphatic rings. The van der Waals surface area contributed by atoms with Crippen molar-refractivity contribution in [2.75, 3.05) is 12.3 Å². The lowest BCUT2D eigenvalue weighted by atomic mass is 10.2. The van der Waals surface area contributed by atoms with E-state index >= 15 is 0 Å². The lowest BCUT2D eigenvalue weighted by Crippen LogP contribution is -2.28. The van der Waals surface area contributed by atoms with E-state index in [9.17, 15) is 9.90 Å². The normalized spacial score (nSPS) is 25.3. The Hall–Kier alpha value is -1.74. The molecule has 3 rings (SSSR count). The van der Waals surface area contributed by atoms with Crippen molar-refractivity contribution in [3.63, 3.8) is 0 Å². The van der Waals surface area contributed by atoms with E-state index < -0.39 is 24.1 Å². The van der Waals surface area contributed by atoms with Crippen LogP contribution in [0.15, 0.2) is 28.5 Å². The number of ether oxygens (including phenoxy) is 1. The van der Waals surface area contributed by atoms with Crippen LogP contribution in [-0.2, 0) is 4.74 Å². The van der Waals surface area contributed by atoms with E-state index in [1.54, 1.807) is 6.20 Å². The largest absolute Gasteiger partial charge is 0.394 e. The highest BCUT2D eigenvalue weighted by molar-refractivity contribution is 7.13. The first-order chi connectivity index (χ1) is 10.1. The number of nitrogens with two attached hydrogens (primary N) is 1. The summed E-state index contributed by atoms with van der Waals surface area (Å²) < 4.78 is 6.80. The van der Waals surface area contributed by atoms with E-state index in [0.29, 0.717) is 5.56 Å². The lowest BCUT2D eigenvalue weighted by Gasteiger charge is -2.15. The fourth-order valence-electron chi connectivity index (χ4n) is 2.36. The number of nitrogens with zero attached hydrogens (tertiary/aromatic N) is 2. The summed E-state index contributed by atoms with van der Waals surface area (Å²) in [5.74, 6) is 0.163. The molecule has 2 aromatic heterocycles. The molecule has 0 aromatic carbocycles. The maximum atomic E-state index is 12.0. The Morgan fingerprint density at radius 1 is 1.57 bits per heavy atom. The van der Waals surface area contributed by atoms with Crippen molar-refractivity contribution in [1.82, 2.24) is 9.55 Å². The van der Waals surface area contributed by atoms with E-state index in [1.807, 2.05) is 17.5 Å². The van der Waals surface area contributed by atoms with Crippen molar-refractivity contribution in [2.45, 2.75) is 24.9 Å². The SMILES string of the molecule is Nc1nc(=O)n([C@@H]2C[C@@H](O)[C@H](CO)O2)cc1-c1cccs1. The first kappa shape index (κ1) is 14.2. The molecule has 2 aromatic rings. The van der Waals surface area contributed by atoms with Gasteiger partial charge < -0.3 is 20.7 Å². The monoisotopic (exact) mass is 309 g/mol. The average molecular weight is 309 g/mol. The van der Waals surface area contributed by atoms with Crippen LogP contribution >= 0.6 is 11.3 Å². The number of rotatable bonds is 3. The molecule has 4 N–H and O–H groups in total. The highest BCUT2D eigenvalue weighted by atomic mass is 32.1. The van der Waals surface area contributed by atoms with Crippen LogP contribution in [0.3, 0.4) is 0 Å². The second-order valence-electron chi connectivity index (χ2n) is 4.82. The van der Waals surface area contributed by atoms with E-state index in [1.165, 1.54) is 15.9 Å². The molecule has 0 amide bonds. The molecule has 8 heteroatoms. The summed E-state index contributed by atoms with van der Waals surface area (Å²) >= 11 is 1.49. The number of anilines is 1. The highest BCUT2D eigenvalue weighted by Crippen LogP contribution is 2.31. The first-order valence-corrected chi connectivity index (χ1v) is 7.35. The molecule has 0 aliphatic carbocycles. The van der Waals surface area contributed by atoms with Crippen LogP contribution in [-0.4, -0.2) is 38.6 Å². The quantitative estimate of drug-likeness (QED) is 0.747. The molecule has 0 unspecified atom stereocenters. The van der Waals surface area contributed by atoms with Crippen LogP contribution in [0.1, 0.15) is 12.6 Å². The smallest absolute Gasteiger partial charge is 0.351 e. The number of aromatic nitrogens is 2. The zero-order valence-electron chi connectivity index (χ0n) is 11.0. The Balaban J connectivity index is 2.00. The number of hydrogen-bond acceptors (Lipinski definition) is 7. The fourth-order valence-corrected chi connectivity index (χ4v) is 3.10. The Morgan fingerprint density at radius 2 is 2.38 bits per heavy atom. The third-order valence-electron chi connectivity index (χ3n) is 3.46. The highest BCUT2D eigenvalue weighted by Gasteiger charge is 2.35. The summed E-state index contributed by atoms with van der Waals surface area (Å²) in [5, 5.41) is 20.8. The summed E-state index contributed by atoms with van der Waals surface area (Å²) in [4.78, 5) is 16.7. The third kappa shape index (κ3) is 2.58. The van der Waals surface area contributed by atoms with Gasteiger partial charge in [0.25, 0.3) is 0 Å². The Bertz CT molecular complexity index is 685. The standard InChI is InChI=1S/C13H15N3O4S/c14-12-7(10-2-1-3-21-10)5-16(13(19)15-12)11-4-8(18)9(6-17)20-11/h1-3,5,8-9,11,17-18H,4,6H2,(H2,14,15,19)/t8-,9+,11+/m1/s1.